The minimum absolute atomic E-state index is 0.0283. The van der Waals surface area contributed by atoms with Gasteiger partial charge < -0.3 is 5.11 Å². The van der Waals surface area contributed by atoms with Gasteiger partial charge in [0.25, 0.3) is 11.3 Å². The van der Waals surface area contributed by atoms with E-state index in [4.69, 9.17) is 0 Å². The van der Waals surface area contributed by atoms with Crippen molar-refractivity contribution in [3.63, 3.8) is 0 Å². The second kappa shape index (κ2) is 7.32. The van der Waals surface area contributed by atoms with Crippen LogP contribution in [0, 0.1) is 38.0 Å². The van der Waals surface area contributed by atoms with Crippen molar-refractivity contribution >= 4 is 22.8 Å². The quantitative estimate of drug-likeness (QED) is 0.388. The van der Waals surface area contributed by atoms with E-state index in [1.54, 1.807) is 0 Å². The van der Waals surface area contributed by atoms with Crippen molar-refractivity contribution in [3.8, 4) is 0 Å². The normalized spacial score (nSPS) is 25.1. The van der Waals surface area contributed by atoms with Crippen LogP contribution < -0.4 is 5.43 Å². The molecule has 0 radical (unpaired) electrons. The summed E-state index contributed by atoms with van der Waals surface area (Å²) in [5.74, 6) is -4.34. The van der Waals surface area contributed by atoms with Crippen LogP contribution in [-0.2, 0) is 0 Å². The third kappa shape index (κ3) is 3.66. The highest BCUT2D eigenvalue weighted by Crippen LogP contribution is 2.58. The first kappa shape index (κ1) is 22.7. The number of hydrazone groups is 1. The van der Waals surface area contributed by atoms with Crippen molar-refractivity contribution in [1.82, 2.24) is 0 Å². The Morgan fingerprint density at radius 2 is 1.65 bits per heavy atom. The number of alkyl halides is 6. The summed E-state index contributed by atoms with van der Waals surface area (Å²) in [5.41, 5.74) is -5.53. The number of anilines is 1. The van der Waals surface area contributed by atoms with Gasteiger partial charge in [0.05, 0.1) is 15.9 Å². The van der Waals surface area contributed by atoms with E-state index < -0.39 is 68.3 Å². The average Bonchev–Trinajstić information content (AvgIpc) is 3.24. The van der Waals surface area contributed by atoms with Gasteiger partial charge in [-0.1, -0.05) is 0 Å². The zero-order valence-corrected chi connectivity index (χ0v) is 15.3. The van der Waals surface area contributed by atoms with Gasteiger partial charge in [0.2, 0.25) is 0 Å². The first-order chi connectivity index (χ1) is 14.2. The maximum absolute atomic E-state index is 13.4. The van der Waals surface area contributed by atoms with Gasteiger partial charge in [0.15, 0.2) is 0 Å². The fraction of sp³-hybridized carbons (Fsp3) is 0.562. The fourth-order valence-electron chi connectivity index (χ4n) is 4.32. The van der Waals surface area contributed by atoms with Gasteiger partial charge in [0, 0.05) is 17.7 Å². The summed E-state index contributed by atoms with van der Waals surface area (Å²) in [6.07, 6.45) is -11.9. The zero-order chi connectivity index (χ0) is 23.4. The Hall–Kier alpha value is -2.97. The fourth-order valence-corrected chi connectivity index (χ4v) is 4.32. The number of fused-ring (bicyclic) bond motifs is 2. The van der Waals surface area contributed by atoms with E-state index >= 15 is 0 Å². The van der Waals surface area contributed by atoms with Crippen molar-refractivity contribution in [1.29, 1.82) is 0 Å². The number of halogens is 6. The van der Waals surface area contributed by atoms with Crippen LogP contribution in [0.1, 0.15) is 19.3 Å². The molecule has 3 atom stereocenters. The topological polar surface area (TPSA) is 131 Å². The lowest BCUT2D eigenvalue weighted by Crippen LogP contribution is -2.64. The van der Waals surface area contributed by atoms with Gasteiger partial charge >= 0.3 is 18.0 Å². The van der Waals surface area contributed by atoms with E-state index in [2.05, 4.69) is 10.5 Å². The number of non-ortho nitro benzene ring substituents is 1. The lowest BCUT2D eigenvalue weighted by atomic mass is 9.74. The van der Waals surface area contributed by atoms with Crippen molar-refractivity contribution in [2.75, 3.05) is 5.43 Å². The minimum Gasteiger partial charge on any atom is -0.373 e. The van der Waals surface area contributed by atoms with E-state index in [9.17, 15) is 51.7 Å². The largest absolute Gasteiger partial charge is 0.426 e. The maximum Gasteiger partial charge on any atom is 0.426 e. The summed E-state index contributed by atoms with van der Waals surface area (Å²) in [6, 6.07) is 2.29. The molecule has 3 rings (SSSR count). The summed E-state index contributed by atoms with van der Waals surface area (Å²) in [6.45, 7) is 0. The molecule has 2 fully saturated rings. The number of rotatable bonds is 5. The number of hydrogen-bond acceptors (Lipinski definition) is 7. The Kier molecular flexibility index (Phi) is 5.36. The van der Waals surface area contributed by atoms with Crippen molar-refractivity contribution in [2.45, 2.75) is 37.2 Å². The van der Waals surface area contributed by atoms with E-state index in [-0.39, 0.29) is 19.3 Å². The van der Waals surface area contributed by atoms with Gasteiger partial charge in [-0.25, -0.2) is 0 Å². The second-order valence-electron chi connectivity index (χ2n) is 7.37. The van der Waals surface area contributed by atoms with Crippen molar-refractivity contribution in [2.24, 2.45) is 22.9 Å². The maximum atomic E-state index is 13.4. The molecule has 31 heavy (non-hydrogen) atoms. The molecule has 0 aromatic heterocycles. The van der Waals surface area contributed by atoms with Crippen molar-refractivity contribution < 1.29 is 41.3 Å². The Morgan fingerprint density at radius 1 is 1.03 bits per heavy atom. The predicted octanol–water partition coefficient (Wildman–Crippen LogP) is 4.17. The van der Waals surface area contributed by atoms with Gasteiger partial charge in [-0.2, -0.15) is 31.4 Å². The van der Waals surface area contributed by atoms with Gasteiger partial charge in [0.1, 0.15) is 5.69 Å². The smallest absolute Gasteiger partial charge is 0.373 e. The van der Waals surface area contributed by atoms with E-state index in [1.807, 2.05) is 0 Å². The number of benzene rings is 1. The molecule has 2 aliphatic rings. The van der Waals surface area contributed by atoms with E-state index in [1.165, 1.54) is 0 Å². The van der Waals surface area contributed by atoms with Crippen LogP contribution in [0.3, 0.4) is 0 Å². The Morgan fingerprint density at radius 3 is 2.16 bits per heavy atom. The van der Waals surface area contributed by atoms with Gasteiger partial charge in [-0.05, 0) is 37.2 Å². The number of nitrogens with one attached hydrogen (secondary N) is 1. The van der Waals surface area contributed by atoms with Crippen LogP contribution >= 0.6 is 0 Å². The molecule has 15 heteroatoms. The number of nitrogens with zero attached hydrogens (tertiary/aromatic N) is 3. The Balaban J connectivity index is 2.04. The number of aliphatic hydroxyl groups is 1. The summed E-state index contributed by atoms with van der Waals surface area (Å²) >= 11 is 0. The highest BCUT2D eigenvalue weighted by molar-refractivity contribution is 5.94. The van der Waals surface area contributed by atoms with E-state index in [0.29, 0.717) is 6.07 Å². The molecule has 1 aromatic rings. The van der Waals surface area contributed by atoms with E-state index in [0.717, 1.165) is 12.1 Å². The highest BCUT2D eigenvalue weighted by Gasteiger charge is 2.77. The van der Waals surface area contributed by atoms with Crippen LogP contribution in [0.15, 0.2) is 23.3 Å². The standard InChI is InChI=1S/C16H14F6N4O5/c17-15(18,19)14(27,16(20,21)22)12-7-1-2-8(5-7)13(12)24-23-10-4-3-9(25(28)29)6-11(10)26(30)31/h3-4,6-8,12,23,27H,1-2,5H2/b24-13-/t7-,8+,12-/m0/s1. The second-order valence-corrected chi connectivity index (χ2v) is 7.37. The third-order valence-electron chi connectivity index (χ3n) is 5.69. The highest BCUT2D eigenvalue weighted by atomic mass is 19.4. The zero-order valence-electron chi connectivity index (χ0n) is 15.3. The molecule has 0 amide bonds. The lowest BCUT2D eigenvalue weighted by molar-refractivity contribution is -0.393. The molecule has 9 nitrogen and oxygen atoms in total. The average molecular weight is 456 g/mol. The predicted molar refractivity (Wildman–Crippen MR) is 92.2 cm³/mol. The molecule has 170 valence electrons. The molecule has 2 aliphatic carbocycles. The van der Waals surface area contributed by atoms with Crippen LogP contribution in [0.4, 0.5) is 43.4 Å². The molecule has 0 heterocycles. The summed E-state index contributed by atoms with van der Waals surface area (Å²) < 4.78 is 80.4. The Labute approximate surface area is 169 Å². The molecule has 2 N–H and O–H groups in total. The summed E-state index contributed by atoms with van der Waals surface area (Å²) in [5, 5.41) is 35.4. The van der Waals surface area contributed by atoms with Crippen molar-refractivity contribution in [3.05, 3.63) is 38.4 Å². The monoisotopic (exact) mass is 456 g/mol. The van der Waals surface area contributed by atoms with Gasteiger partial charge in [-0.15, -0.1) is 0 Å². The van der Waals surface area contributed by atoms with Crippen LogP contribution in [0.2, 0.25) is 0 Å². The molecular weight excluding hydrogens is 442 g/mol. The molecule has 0 aliphatic heterocycles. The minimum atomic E-state index is -6.04. The van der Waals surface area contributed by atoms with Gasteiger partial charge in [-0.3, -0.25) is 25.7 Å². The molecule has 0 spiro atoms. The van der Waals surface area contributed by atoms with Crippen LogP contribution in [0.5, 0.6) is 0 Å². The SMILES string of the molecule is O=[N+]([O-])c1ccc(N/N=C2/[C@@H]3CC[C@@H](C3)[C@@H]2C(O)(C(F)(F)F)C(F)(F)F)c([N+](=O)[O-])c1. The summed E-state index contributed by atoms with van der Waals surface area (Å²) in [7, 11) is 0. The molecule has 1 aromatic carbocycles. The lowest BCUT2D eigenvalue weighted by Gasteiger charge is -2.41. The number of nitro groups is 2. The molecule has 2 saturated carbocycles. The summed E-state index contributed by atoms with van der Waals surface area (Å²) in [4.78, 5) is 20.0. The first-order valence-corrected chi connectivity index (χ1v) is 8.80. The molecule has 0 unspecified atom stereocenters. The Bertz CT molecular complexity index is 933. The molecule has 2 bridgehead atoms. The first-order valence-electron chi connectivity index (χ1n) is 8.80. The molecule has 0 saturated heterocycles. The number of nitro benzene ring substituents is 2. The molecular formula is C16H14F6N4O5. The third-order valence-corrected chi connectivity index (χ3v) is 5.69. The number of hydrogen-bond donors (Lipinski definition) is 2. The van der Waals surface area contributed by atoms with Crippen LogP contribution in [-0.4, -0.2) is 38.6 Å². The van der Waals surface area contributed by atoms with Crippen LogP contribution in [0.25, 0.3) is 0 Å².